The Morgan fingerprint density at radius 3 is 2.48 bits per heavy atom. The highest BCUT2D eigenvalue weighted by Gasteiger charge is 2.43. The van der Waals surface area contributed by atoms with Crippen LogP contribution in [0.3, 0.4) is 0 Å². The summed E-state index contributed by atoms with van der Waals surface area (Å²) >= 11 is 0. The number of aliphatic hydroxyl groups is 2. The van der Waals surface area contributed by atoms with Crippen LogP contribution < -0.4 is 10.3 Å². The molecule has 2 N–H and O–H groups in total. The van der Waals surface area contributed by atoms with E-state index in [-0.39, 0.29) is 42.4 Å². The molecule has 10 heteroatoms. The number of ether oxygens (including phenoxy) is 1. The van der Waals surface area contributed by atoms with Gasteiger partial charge in [0.15, 0.2) is 11.6 Å². The van der Waals surface area contributed by atoms with Crippen LogP contribution in [0.4, 0.5) is 0 Å². The molecular formula is C34H41N3O7. The van der Waals surface area contributed by atoms with Crippen molar-refractivity contribution in [3.05, 3.63) is 56.9 Å². The average molecular weight is 604 g/mol. The zero-order chi connectivity index (χ0) is 31.6. The number of unbranched alkanes of at least 4 members (excludes halogenated alkanes) is 4. The molecule has 0 amide bonds. The van der Waals surface area contributed by atoms with Crippen LogP contribution in [-0.4, -0.2) is 62.9 Å². The molecule has 10 nitrogen and oxygen atoms in total. The fraction of sp³-hybridized carbons (Fsp3) is 0.500. The lowest BCUT2D eigenvalue weighted by Gasteiger charge is -2.32. The number of fused-ring (bicyclic) bond motifs is 5. The third-order valence-electron chi connectivity index (χ3n) is 8.85. The van der Waals surface area contributed by atoms with Gasteiger partial charge in [0.25, 0.3) is 5.56 Å². The van der Waals surface area contributed by atoms with E-state index in [9.17, 15) is 24.3 Å². The van der Waals surface area contributed by atoms with Gasteiger partial charge in [-0.1, -0.05) is 26.2 Å². The van der Waals surface area contributed by atoms with Gasteiger partial charge in [-0.2, -0.15) is 0 Å². The summed E-state index contributed by atoms with van der Waals surface area (Å²) < 4.78 is 7.54. The van der Waals surface area contributed by atoms with Crippen LogP contribution in [-0.2, 0) is 39.5 Å². The summed E-state index contributed by atoms with van der Waals surface area (Å²) in [5.74, 6) is -0.229. The van der Waals surface area contributed by atoms with E-state index in [1.165, 1.54) is 0 Å². The first-order valence-electron chi connectivity index (χ1n) is 15.5. The number of hydrogen-bond acceptors (Lipinski definition) is 9. The van der Waals surface area contributed by atoms with Crippen LogP contribution in [0.1, 0.15) is 87.0 Å². The lowest BCUT2D eigenvalue weighted by molar-refractivity contribution is -0.140. The first-order chi connectivity index (χ1) is 21.1. The second-order valence-electron chi connectivity index (χ2n) is 12.2. The number of nitrogens with zero attached hydrogens (tertiary/aromatic N) is 3. The Hall–Kier alpha value is -3.73. The van der Waals surface area contributed by atoms with Crippen LogP contribution >= 0.6 is 0 Å². The molecule has 0 saturated carbocycles. The van der Waals surface area contributed by atoms with E-state index in [1.807, 2.05) is 31.1 Å². The monoisotopic (exact) mass is 603 g/mol. The second kappa shape index (κ2) is 13.1. The Balaban J connectivity index is 1.38. The number of aliphatic hydroxyl groups excluding tert-OH is 1. The quantitative estimate of drug-likeness (QED) is 0.133. The van der Waals surface area contributed by atoms with E-state index >= 15 is 0 Å². The predicted octanol–water partition coefficient (Wildman–Crippen LogP) is 3.80. The Morgan fingerprint density at radius 2 is 1.77 bits per heavy atom. The zero-order valence-corrected chi connectivity index (χ0v) is 25.8. The second-order valence-corrected chi connectivity index (χ2v) is 12.2. The Bertz CT molecular complexity index is 1680. The summed E-state index contributed by atoms with van der Waals surface area (Å²) in [6.45, 7) is 2.19. The molecule has 2 aliphatic rings. The van der Waals surface area contributed by atoms with Crippen molar-refractivity contribution in [3.8, 4) is 17.1 Å². The van der Waals surface area contributed by atoms with Gasteiger partial charge < -0.3 is 24.4 Å². The summed E-state index contributed by atoms with van der Waals surface area (Å²) in [6.07, 6.45) is 5.41. The van der Waals surface area contributed by atoms with E-state index in [0.717, 1.165) is 42.2 Å². The molecule has 0 radical (unpaired) electrons. The van der Waals surface area contributed by atoms with Crippen molar-refractivity contribution in [3.63, 3.8) is 0 Å². The van der Waals surface area contributed by atoms with Gasteiger partial charge in [-0.05, 0) is 64.0 Å². The Labute approximate surface area is 256 Å². The number of benzene rings is 1. The molecule has 0 bridgehead atoms. The molecular weight excluding hydrogens is 562 g/mol. The molecule has 3 aromatic rings. The van der Waals surface area contributed by atoms with Crippen molar-refractivity contribution >= 4 is 28.4 Å². The van der Waals surface area contributed by atoms with E-state index in [1.54, 1.807) is 23.6 Å². The molecule has 0 spiro atoms. The first kappa shape index (κ1) is 31.7. The minimum atomic E-state index is -1.67. The van der Waals surface area contributed by atoms with Crippen LogP contribution in [0.15, 0.2) is 29.1 Å². The van der Waals surface area contributed by atoms with Gasteiger partial charge in [0.05, 0.1) is 23.4 Å². The number of esters is 1. The van der Waals surface area contributed by atoms with Crippen LogP contribution in [0.5, 0.6) is 5.75 Å². The molecule has 3 heterocycles. The van der Waals surface area contributed by atoms with E-state index < -0.39 is 12.2 Å². The molecule has 1 aliphatic carbocycles. The highest BCUT2D eigenvalue weighted by Crippen LogP contribution is 2.40. The first-order valence-corrected chi connectivity index (χ1v) is 15.5. The number of hydrogen-bond donors (Lipinski definition) is 2. The van der Waals surface area contributed by atoms with Gasteiger partial charge >= 0.3 is 5.97 Å². The molecule has 0 saturated heterocycles. The van der Waals surface area contributed by atoms with Crippen LogP contribution in [0.2, 0.25) is 0 Å². The summed E-state index contributed by atoms with van der Waals surface area (Å²) in [6, 6.07) is 7.36. The Morgan fingerprint density at radius 1 is 1.05 bits per heavy atom. The molecule has 1 aliphatic heterocycles. The standard InChI is InChI=1S/C34H41N3O7/c1-4-34(43)26-17-28-32-21(18-37(28)33(42)23(26)12-15-30(34)40)16-24-25(19-36(2)3)29(14-13-27(24)35-32)44-31(41)11-9-7-5-6-8-10-22(39)20-38/h13-14,16-17,38,43H,4-12,15,18-20H2,1-3H3/t34-/m0/s1. The van der Waals surface area contributed by atoms with Crippen molar-refractivity contribution in [2.24, 2.45) is 0 Å². The summed E-state index contributed by atoms with van der Waals surface area (Å²) in [5, 5.41) is 20.9. The molecule has 1 aromatic carbocycles. The smallest absolute Gasteiger partial charge is 0.311 e. The summed E-state index contributed by atoms with van der Waals surface area (Å²) in [4.78, 5) is 57.2. The van der Waals surface area contributed by atoms with Gasteiger partial charge in [-0.3, -0.25) is 19.2 Å². The predicted molar refractivity (Wildman–Crippen MR) is 165 cm³/mol. The van der Waals surface area contributed by atoms with Crippen molar-refractivity contribution < 1.29 is 29.3 Å². The van der Waals surface area contributed by atoms with E-state index in [2.05, 4.69) is 0 Å². The minimum absolute atomic E-state index is 0.141. The van der Waals surface area contributed by atoms with Crippen LogP contribution in [0.25, 0.3) is 22.3 Å². The number of Topliss-reactive ketones (excluding diaryl/α,β-unsaturated/α-hetero) is 2. The number of rotatable bonds is 13. The lowest BCUT2D eigenvalue weighted by Crippen LogP contribution is -2.43. The van der Waals surface area contributed by atoms with Gasteiger partial charge in [0.2, 0.25) is 0 Å². The summed E-state index contributed by atoms with van der Waals surface area (Å²) in [5.41, 5.74) is 2.66. The van der Waals surface area contributed by atoms with Crippen molar-refractivity contribution in [2.45, 2.75) is 89.8 Å². The van der Waals surface area contributed by atoms with Crippen molar-refractivity contribution in [1.82, 2.24) is 14.5 Å². The van der Waals surface area contributed by atoms with Gasteiger partial charge in [-0.25, -0.2) is 4.98 Å². The third kappa shape index (κ3) is 6.11. The highest BCUT2D eigenvalue weighted by molar-refractivity contribution is 5.92. The largest absolute Gasteiger partial charge is 0.426 e. The third-order valence-corrected chi connectivity index (χ3v) is 8.85. The average Bonchev–Trinajstić information content (AvgIpc) is 3.36. The SMILES string of the molecule is CC[C@@]1(O)C(=O)CCc2c1cc1n(c2=O)Cc2cc3c(CN(C)C)c(OC(=O)CCCCCCCC(=O)CO)ccc3nc2-1. The maximum absolute atomic E-state index is 13.6. The van der Waals surface area contributed by atoms with Gasteiger partial charge in [-0.15, -0.1) is 0 Å². The molecule has 44 heavy (non-hydrogen) atoms. The zero-order valence-electron chi connectivity index (χ0n) is 25.8. The molecule has 2 aromatic heterocycles. The minimum Gasteiger partial charge on any atom is -0.426 e. The topological polar surface area (TPSA) is 139 Å². The number of carbonyl (C=O) groups is 3. The van der Waals surface area contributed by atoms with E-state index in [4.69, 9.17) is 14.8 Å². The van der Waals surface area contributed by atoms with Gasteiger partial charge in [0.1, 0.15) is 18.0 Å². The fourth-order valence-electron chi connectivity index (χ4n) is 6.42. The van der Waals surface area contributed by atoms with Gasteiger partial charge in [0, 0.05) is 53.4 Å². The Kier molecular flexibility index (Phi) is 9.43. The maximum Gasteiger partial charge on any atom is 0.311 e. The number of carbonyl (C=O) groups excluding carboxylic acids is 3. The molecule has 234 valence electrons. The van der Waals surface area contributed by atoms with Crippen molar-refractivity contribution in [2.75, 3.05) is 20.7 Å². The van der Waals surface area contributed by atoms with Crippen LogP contribution in [0, 0.1) is 0 Å². The number of ketones is 2. The fourth-order valence-corrected chi connectivity index (χ4v) is 6.42. The number of pyridine rings is 2. The van der Waals surface area contributed by atoms with E-state index in [0.29, 0.717) is 66.1 Å². The molecule has 5 rings (SSSR count). The molecule has 0 fully saturated rings. The molecule has 0 unspecified atom stereocenters. The summed E-state index contributed by atoms with van der Waals surface area (Å²) in [7, 11) is 3.88. The highest BCUT2D eigenvalue weighted by atomic mass is 16.5. The lowest BCUT2D eigenvalue weighted by atomic mass is 9.77. The normalized spacial score (nSPS) is 17.1. The number of aromatic nitrogens is 2. The maximum atomic E-state index is 13.6. The molecule has 1 atom stereocenters. The van der Waals surface area contributed by atoms with Crippen molar-refractivity contribution in [1.29, 1.82) is 0 Å².